The number of anilines is 1. The zero-order valence-corrected chi connectivity index (χ0v) is 16.7. The van der Waals surface area contributed by atoms with Gasteiger partial charge in [-0.2, -0.15) is 0 Å². The molecule has 126 valence electrons. The molecule has 1 heterocycles. The number of hydrogen-bond acceptors (Lipinski definition) is 3. The summed E-state index contributed by atoms with van der Waals surface area (Å²) >= 11 is 0. The third-order valence-electron chi connectivity index (χ3n) is 3.26. The van der Waals surface area contributed by atoms with Crippen LogP contribution >= 0.6 is 24.0 Å². The molecule has 0 bridgehead atoms. The summed E-state index contributed by atoms with van der Waals surface area (Å²) in [6, 6.07) is 4.19. The van der Waals surface area contributed by atoms with Crippen molar-refractivity contribution in [2.75, 3.05) is 31.6 Å². The van der Waals surface area contributed by atoms with Gasteiger partial charge in [0.15, 0.2) is 5.96 Å². The number of nitrogens with zero attached hydrogens (tertiary/aromatic N) is 3. The van der Waals surface area contributed by atoms with Crippen LogP contribution in [0.2, 0.25) is 0 Å². The number of hydrogen-bond donors (Lipinski definition) is 2. The van der Waals surface area contributed by atoms with Crippen LogP contribution in [-0.4, -0.2) is 37.6 Å². The van der Waals surface area contributed by atoms with Crippen molar-refractivity contribution in [1.82, 2.24) is 15.6 Å². The molecular formula is C16H30IN5. The van der Waals surface area contributed by atoms with Crippen LogP contribution in [0.4, 0.5) is 5.82 Å². The largest absolute Gasteiger partial charge is 0.357 e. The molecule has 0 atom stereocenters. The molecule has 22 heavy (non-hydrogen) atoms. The lowest BCUT2D eigenvalue weighted by Gasteiger charge is -2.19. The lowest BCUT2D eigenvalue weighted by molar-refractivity contribution is 0.614. The molecule has 0 saturated carbocycles. The van der Waals surface area contributed by atoms with Gasteiger partial charge in [0.25, 0.3) is 0 Å². The Hall–Kier alpha value is -1.05. The van der Waals surface area contributed by atoms with Crippen molar-refractivity contribution in [3.05, 3.63) is 23.9 Å². The Labute approximate surface area is 152 Å². The van der Waals surface area contributed by atoms with Crippen LogP contribution < -0.4 is 15.5 Å². The second-order valence-corrected chi connectivity index (χ2v) is 5.40. The number of aliphatic imine (C=N–C) groups is 1. The van der Waals surface area contributed by atoms with Gasteiger partial charge in [0.1, 0.15) is 5.82 Å². The van der Waals surface area contributed by atoms with E-state index in [9.17, 15) is 0 Å². The van der Waals surface area contributed by atoms with Crippen molar-refractivity contribution >= 4 is 35.8 Å². The normalized spacial score (nSPS) is 11.1. The molecule has 6 heteroatoms. The van der Waals surface area contributed by atoms with Crippen molar-refractivity contribution in [1.29, 1.82) is 0 Å². The minimum Gasteiger partial charge on any atom is -0.357 e. The molecule has 0 aliphatic carbocycles. The van der Waals surface area contributed by atoms with Gasteiger partial charge in [0.2, 0.25) is 0 Å². The van der Waals surface area contributed by atoms with E-state index in [1.54, 1.807) is 7.05 Å². The summed E-state index contributed by atoms with van der Waals surface area (Å²) in [6.07, 6.45) is 1.93. The quantitative estimate of drug-likeness (QED) is 0.406. The van der Waals surface area contributed by atoms with E-state index in [0.717, 1.165) is 43.5 Å². The summed E-state index contributed by atoms with van der Waals surface area (Å²) in [7, 11) is 1.79. The van der Waals surface area contributed by atoms with Gasteiger partial charge in [0, 0.05) is 39.4 Å². The first kappa shape index (κ1) is 20.9. The molecule has 1 rings (SSSR count). The first-order valence-corrected chi connectivity index (χ1v) is 7.75. The van der Waals surface area contributed by atoms with Gasteiger partial charge in [-0.1, -0.05) is 19.9 Å². The highest BCUT2D eigenvalue weighted by Crippen LogP contribution is 2.10. The highest BCUT2D eigenvalue weighted by molar-refractivity contribution is 14.0. The number of aromatic nitrogens is 1. The summed E-state index contributed by atoms with van der Waals surface area (Å²) < 4.78 is 0. The van der Waals surface area contributed by atoms with Crippen molar-refractivity contribution < 1.29 is 0 Å². The molecule has 0 fully saturated rings. The van der Waals surface area contributed by atoms with Crippen molar-refractivity contribution in [2.24, 2.45) is 10.9 Å². The van der Waals surface area contributed by atoms with Gasteiger partial charge in [0.05, 0.1) is 0 Å². The lowest BCUT2D eigenvalue weighted by Crippen LogP contribution is -2.38. The number of nitrogens with one attached hydrogen (secondary N) is 2. The van der Waals surface area contributed by atoms with Gasteiger partial charge in [-0.15, -0.1) is 24.0 Å². The molecule has 0 amide bonds. The Bertz CT molecular complexity index is 427. The number of halogens is 1. The van der Waals surface area contributed by atoms with Crippen molar-refractivity contribution in [2.45, 2.75) is 34.2 Å². The van der Waals surface area contributed by atoms with E-state index >= 15 is 0 Å². The Morgan fingerprint density at radius 2 is 1.91 bits per heavy atom. The minimum absolute atomic E-state index is 0. The third-order valence-corrected chi connectivity index (χ3v) is 3.26. The van der Waals surface area contributed by atoms with E-state index in [1.807, 2.05) is 6.20 Å². The second kappa shape index (κ2) is 11.5. The summed E-state index contributed by atoms with van der Waals surface area (Å²) in [5.74, 6) is 2.46. The fraction of sp³-hybridized carbons (Fsp3) is 0.625. The standard InChI is InChI=1S/C16H29N5.HI/c1-6-21(7-2)15-9-8-14(11-18-15)12-20-16(17-5)19-10-13(3)4;/h8-9,11,13H,6-7,10,12H2,1-5H3,(H2,17,19,20);1H. The second-order valence-electron chi connectivity index (χ2n) is 5.40. The number of rotatable bonds is 7. The van der Waals surface area contributed by atoms with Crippen molar-refractivity contribution in [3.8, 4) is 0 Å². The van der Waals surface area contributed by atoms with Crippen LogP contribution in [0.15, 0.2) is 23.3 Å². The third kappa shape index (κ3) is 7.29. The molecule has 0 aliphatic rings. The van der Waals surface area contributed by atoms with E-state index in [1.165, 1.54) is 0 Å². The minimum atomic E-state index is 0. The Morgan fingerprint density at radius 1 is 1.23 bits per heavy atom. The number of pyridine rings is 1. The van der Waals surface area contributed by atoms with Crippen LogP contribution in [-0.2, 0) is 6.54 Å². The molecule has 1 aromatic heterocycles. The van der Waals surface area contributed by atoms with Gasteiger partial charge in [-0.25, -0.2) is 4.98 Å². The molecule has 0 saturated heterocycles. The SMILES string of the molecule is CCN(CC)c1ccc(CNC(=NC)NCC(C)C)cn1.I. The van der Waals surface area contributed by atoms with E-state index in [4.69, 9.17) is 0 Å². The monoisotopic (exact) mass is 419 g/mol. The smallest absolute Gasteiger partial charge is 0.191 e. The molecule has 0 aromatic carbocycles. The van der Waals surface area contributed by atoms with Crippen LogP contribution in [0, 0.1) is 5.92 Å². The molecule has 0 unspecified atom stereocenters. The molecule has 1 aromatic rings. The number of guanidine groups is 1. The van der Waals surface area contributed by atoms with Crippen LogP contribution in [0.3, 0.4) is 0 Å². The average molecular weight is 419 g/mol. The summed E-state index contributed by atoms with van der Waals surface area (Å²) in [4.78, 5) is 11.0. The van der Waals surface area contributed by atoms with Gasteiger partial charge >= 0.3 is 0 Å². The highest BCUT2D eigenvalue weighted by Gasteiger charge is 2.04. The average Bonchev–Trinajstić information content (AvgIpc) is 2.50. The predicted molar refractivity (Wildman–Crippen MR) is 106 cm³/mol. The Balaban J connectivity index is 0.00000441. The summed E-state index contributed by atoms with van der Waals surface area (Å²) in [5, 5.41) is 6.60. The van der Waals surface area contributed by atoms with E-state index in [-0.39, 0.29) is 24.0 Å². The molecular weight excluding hydrogens is 389 g/mol. The zero-order valence-electron chi connectivity index (χ0n) is 14.4. The van der Waals surface area contributed by atoms with Gasteiger partial charge in [-0.3, -0.25) is 4.99 Å². The Morgan fingerprint density at radius 3 is 2.36 bits per heavy atom. The fourth-order valence-corrected chi connectivity index (χ4v) is 1.96. The maximum absolute atomic E-state index is 4.52. The molecule has 0 aliphatic heterocycles. The van der Waals surface area contributed by atoms with Crippen LogP contribution in [0.25, 0.3) is 0 Å². The first-order chi connectivity index (χ1) is 10.1. The van der Waals surface area contributed by atoms with Gasteiger partial charge < -0.3 is 15.5 Å². The van der Waals surface area contributed by atoms with E-state index in [0.29, 0.717) is 5.92 Å². The van der Waals surface area contributed by atoms with Crippen molar-refractivity contribution in [3.63, 3.8) is 0 Å². The highest BCUT2D eigenvalue weighted by atomic mass is 127. The van der Waals surface area contributed by atoms with E-state index in [2.05, 4.69) is 65.3 Å². The maximum atomic E-state index is 4.52. The molecule has 0 spiro atoms. The molecule has 5 nitrogen and oxygen atoms in total. The van der Waals surface area contributed by atoms with Crippen LogP contribution in [0.5, 0.6) is 0 Å². The van der Waals surface area contributed by atoms with Crippen LogP contribution in [0.1, 0.15) is 33.3 Å². The Kier molecular flexibility index (Phi) is 11.0. The summed E-state index contributed by atoms with van der Waals surface area (Å²) in [6.45, 7) is 12.2. The zero-order chi connectivity index (χ0) is 15.7. The first-order valence-electron chi connectivity index (χ1n) is 7.75. The summed E-state index contributed by atoms with van der Waals surface area (Å²) in [5.41, 5.74) is 1.15. The molecule has 2 N–H and O–H groups in total. The van der Waals surface area contributed by atoms with Gasteiger partial charge in [-0.05, 0) is 31.4 Å². The van der Waals surface area contributed by atoms with E-state index < -0.39 is 0 Å². The maximum Gasteiger partial charge on any atom is 0.191 e. The molecule has 0 radical (unpaired) electrons. The predicted octanol–water partition coefficient (Wildman–Crippen LogP) is 2.87. The fourth-order valence-electron chi connectivity index (χ4n) is 1.96. The topological polar surface area (TPSA) is 52.5 Å². The lowest BCUT2D eigenvalue weighted by atomic mass is 10.2.